The first-order valence-electron chi connectivity index (χ1n) is 6.88. The van der Waals surface area contributed by atoms with Gasteiger partial charge >= 0.3 is 0 Å². The van der Waals surface area contributed by atoms with Crippen LogP contribution in [0.5, 0.6) is 0 Å². The molecule has 0 heterocycles. The van der Waals surface area contributed by atoms with E-state index in [1.165, 1.54) is 37.7 Å². The van der Waals surface area contributed by atoms with Crippen LogP contribution in [0, 0.1) is 11.8 Å². The zero-order chi connectivity index (χ0) is 12.4. The molecule has 0 aliphatic rings. The molecule has 0 saturated carbocycles. The van der Waals surface area contributed by atoms with Gasteiger partial charge in [-0.3, -0.25) is 0 Å². The average molecular weight is 222 g/mol. The SMILES string of the molecule is C/C=C/[C@@H](CCCC)[C@@H](C)CCC=C(C)C. The summed E-state index contributed by atoms with van der Waals surface area (Å²) in [5.41, 5.74) is 1.45. The molecule has 2 atom stereocenters. The van der Waals surface area contributed by atoms with Crippen molar-refractivity contribution in [2.45, 2.75) is 66.7 Å². The Morgan fingerprint density at radius 3 is 2.38 bits per heavy atom. The van der Waals surface area contributed by atoms with Crippen LogP contribution in [0.4, 0.5) is 0 Å². The molecule has 0 amide bonds. The van der Waals surface area contributed by atoms with Crippen molar-refractivity contribution in [2.24, 2.45) is 11.8 Å². The summed E-state index contributed by atoms with van der Waals surface area (Å²) in [6, 6.07) is 0. The molecule has 0 heteroatoms. The van der Waals surface area contributed by atoms with E-state index in [2.05, 4.69) is 52.8 Å². The Morgan fingerprint density at radius 2 is 1.88 bits per heavy atom. The third-order valence-electron chi connectivity index (χ3n) is 3.24. The number of allylic oxidation sites excluding steroid dienone is 4. The van der Waals surface area contributed by atoms with Gasteiger partial charge in [-0.25, -0.2) is 0 Å². The third kappa shape index (κ3) is 7.73. The van der Waals surface area contributed by atoms with Gasteiger partial charge in [0.25, 0.3) is 0 Å². The van der Waals surface area contributed by atoms with Crippen LogP contribution >= 0.6 is 0 Å². The Labute approximate surface area is 103 Å². The van der Waals surface area contributed by atoms with Gasteiger partial charge < -0.3 is 0 Å². The van der Waals surface area contributed by atoms with Gasteiger partial charge in [-0.1, -0.05) is 50.5 Å². The summed E-state index contributed by atoms with van der Waals surface area (Å²) in [7, 11) is 0. The molecular weight excluding hydrogens is 192 g/mol. The van der Waals surface area contributed by atoms with Crippen molar-refractivity contribution in [2.75, 3.05) is 0 Å². The molecule has 0 unspecified atom stereocenters. The molecule has 0 spiro atoms. The molecule has 0 saturated heterocycles. The van der Waals surface area contributed by atoms with Crippen molar-refractivity contribution < 1.29 is 0 Å². The minimum absolute atomic E-state index is 0.788. The first-order chi connectivity index (χ1) is 7.61. The molecule has 0 aromatic rings. The molecular formula is C16H30. The fourth-order valence-corrected chi connectivity index (χ4v) is 2.11. The van der Waals surface area contributed by atoms with Crippen LogP contribution in [0.1, 0.15) is 66.7 Å². The van der Waals surface area contributed by atoms with Gasteiger partial charge in [-0.15, -0.1) is 0 Å². The van der Waals surface area contributed by atoms with E-state index < -0.39 is 0 Å². The number of unbranched alkanes of at least 4 members (excludes halogenated alkanes) is 1. The average Bonchev–Trinajstić information content (AvgIpc) is 2.23. The largest absolute Gasteiger partial charge is 0.0914 e. The zero-order valence-electron chi connectivity index (χ0n) is 11.9. The Morgan fingerprint density at radius 1 is 1.19 bits per heavy atom. The number of rotatable bonds is 8. The van der Waals surface area contributed by atoms with Crippen LogP contribution in [-0.2, 0) is 0 Å². The van der Waals surface area contributed by atoms with E-state index in [0.717, 1.165) is 11.8 Å². The highest BCUT2D eigenvalue weighted by molar-refractivity contribution is 4.94. The molecule has 0 aliphatic heterocycles. The number of hydrogen-bond acceptors (Lipinski definition) is 0. The summed E-state index contributed by atoms with van der Waals surface area (Å²) in [5.74, 6) is 1.61. The van der Waals surface area contributed by atoms with Gasteiger partial charge in [-0.05, 0) is 51.9 Å². The zero-order valence-corrected chi connectivity index (χ0v) is 11.9. The third-order valence-corrected chi connectivity index (χ3v) is 3.24. The predicted octanol–water partition coefficient (Wildman–Crippen LogP) is 5.75. The van der Waals surface area contributed by atoms with Gasteiger partial charge in [0.15, 0.2) is 0 Å². The smallest absolute Gasteiger partial charge is 0.0208 e. The van der Waals surface area contributed by atoms with Crippen LogP contribution in [0.2, 0.25) is 0 Å². The maximum Gasteiger partial charge on any atom is -0.0208 e. The van der Waals surface area contributed by atoms with E-state index >= 15 is 0 Å². The van der Waals surface area contributed by atoms with Gasteiger partial charge in [0, 0.05) is 0 Å². The highest BCUT2D eigenvalue weighted by Gasteiger charge is 2.12. The Kier molecular flexibility index (Phi) is 9.37. The van der Waals surface area contributed by atoms with E-state index in [1.54, 1.807) is 0 Å². The minimum Gasteiger partial charge on any atom is -0.0914 e. The monoisotopic (exact) mass is 222 g/mol. The fraction of sp³-hybridized carbons (Fsp3) is 0.750. The molecule has 0 aromatic heterocycles. The van der Waals surface area contributed by atoms with E-state index in [0.29, 0.717) is 0 Å². The Bertz CT molecular complexity index is 206. The van der Waals surface area contributed by atoms with Crippen molar-refractivity contribution in [1.82, 2.24) is 0 Å². The lowest BCUT2D eigenvalue weighted by Crippen LogP contribution is -2.09. The molecule has 0 fully saturated rings. The van der Waals surface area contributed by atoms with Crippen molar-refractivity contribution in [1.29, 1.82) is 0 Å². The summed E-state index contributed by atoms with van der Waals surface area (Å²) in [4.78, 5) is 0. The van der Waals surface area contributed by atoms with Gasteiger partial charge in [0.2, 0.25) is 0 Å². The van der Waals surface area contributed by atoms with E-state index in [-0.39, 0.29) is 0 Å². The molecule has 16 heavy (non-hydrogen) atoms. The lowest BCUT2D eigenvalue weighted by Gasteiger charge is -2.20. The second kappa shape index (κ2) is 9.69. The summed E-state index contributed by atoms with van der Waals surface area (Å²) in [5, 5.41) is 0. The van der Waals surface area contributed by atoms with Crippen LogP contribution in [-0.4, -0.2) is 0 Å². The highest BCUT2D eigenvalue weighted by Crippen LogP contribution is 2.24. The molecule has 0 bridgehead atoms. The van der Waals surface area contributed by atoms with Crippen LogP contribution in [0.15, 0.2) is 23.8 Å². The molecule has 0 rings (SSSR count). The van der Waals surface area contributed by atoms with Crippen LogP contribution < -0.4 is 0 Å². The maximum atomic E-state index is 2.41. The first-order valence-corrected chi connectivity index (χ1v) is 6.88. The van der Waals surface area contributed by atoms with E-state index in [1.807, 2.05) is 0 Å². The number of hydrogen-bond donors (Lipinski definition) is 0. The van der Waals surface area contributed by atoms with Crippen molar-refractivity contribution in [3.63, 3.8) is 0 Å². The van der Waals surface area contributed by atoms with Gasteiger partial charge in [-0.2, -0.15) is 0 Å². The normalized spacial score (nSPS) is 15.1. The van der Waals surface area contributed by atoms with E-state index in [4.69, 9.17) is 0 Å². The quantitative estimate of drug-likeness (QED) is 0.459. The standard InChI is InChI=1S/C16H30/c1-6-8-13-16(10-7-2)15(5)12-9-11-14(3)4/h7,10-11,15-16H,6,8-9,12-13H2,1-5H3/b10-7+/t15-,16-/m0/s1. The van der Waals surface area contributed by atoms with E-state index in [9.17, 15) is 0 Å². The second-order valence-electron chi connectivity index (χ2n) is 5.17. The molecule has 0 nitrogen and oxygen atoms in total. The maximum absolute atomic E-state index is 2.41. The molecule has 0 N–H and O–H groups in total. The Balaban J connectivity index is 4.05. The van der Waals surface area contributed by atoms with Crippen molar-refractivity contribution >= 4 is 0 Å². The van der Waals surface area contributed by atoms with Crippen molar-refractivity contribution in [3.05, 3.63) is 23.8 Å². The van der Waals surface area contributed by atoms with Crippen molar-refractivity contribution in [3.8, 4) is 0 Å². The van der Waals surface area contributed by atoms with Gasteiger partial charge in [0.1, 0.15) is 0 Å². The highest BCUT2D eigenvalue weighted by atomic mass is 14.2. The topological polar surface area (TPSA) is 0 Å². The molecule has 0 aromatic carbocycles. The molecule has 0 radical (unpaired) electrons. The summed E-state index contributed by atoms with van der Waals surface area (Å²) < 4.78 is 0. The first kappa shape index (κ1) is 15.5. The lowest BCUT2D eigenvalue weighted by molar-refractivity contribution is 0.373. The fourth-order valence-electron chi connectivity index (χ4n) is 2.11. The summed E-state index contributed by atoms with van der Waals surface area (Å²) in [6.45, 7) is 11.2. The second-order valence-corrected chi connectivity index (χ2v) is 5.17. The summed E-state index contributed by atoms with van der Waals surface area (Å²) >= 11 is 0. The lowest BCUT2D eigenvalue weighted by atomic mass is 9.85. The minimum atomic E-state index is 0.788. The van der Waals surface area contributed by atoms with Crippen LogP contribution in [0.3, 0.4) is 0 Å². The Hall–Kier alpha value is -0.520. The summed E-state index contributed by atoms with van der Waals surface area (Å²) in [6.07, 6.45) is 13.6. The van der Waals surface area contributed by atoms with Crippen LogP contribution in [0.25, 0.3) is 0 Å². The molecule has 94 valence electrons. The predicted molar refractivity (Wildman–Crippen MR) is 75.7 cm³/mol. The van der Waals surface area contributed by atoms with Gasteiger partial charge in [0.05, 0.1) is 0 Å². The molecule has 0 aliphatic carbocycles.